The fourth-order valence-electron chi connectivity index (χ4n) is 1.69. The summed E-state index contributed by atoms with van der Waals surface area (Å²) in [6.07, 6.45) is 2.72. The summed E-state index contributed by atoms with van der Waals surface area (Å²) in [5.41, 5.74) is 6.82. The van der Waals surface area contributed by atoms with Crippen LogP contribution in [0.2, 0.25) is 5.02 Å². The first-order valence-corrected chi connectivity index (χ1v) is 7.85. The van der Waals surface area contributed by atoms with Crippen molar-refractivity contribution in [3.8, 4) is 0 Å². The second-order valence-corrected chi connectivity index (χ2v) is 6.13. The maximum absolute atomic E-state index is 9.21. The monoisotopic (exact) mass is 287 g/mol. The molecule has 3 N–H and O–H groups in total. The smallest absolute Gasteiger partial charge is 0.0611 e. The number of halogens is 1. The molecule has 0 spiro atoms. The van der Waals surface area contributed by atoms with Crippen LogP contribution in [0.25, 0.3) is 0 Å². The fraction of sp³-hybridized carbons (Fsp3) is 0.571. The summed E-state index contributed by atoms with van der Waals surface area (Å²) in [6, 6.07) is 7.94. The standard InChI is InChI=1S/C14H22ClNOS/c1-2-14(16,11-17)8-5-9-18-10-12-6-3-4-7-13(12)15/h3-4,6-7,17H,2,5,8-11,16H2,1H3. The highest BCUT2D eigenvalue weighted by Gasteiger charge is 2.20. The summed E-state index contributed by atoms with van der Waals surface area (Å²) in [6.45, 7) is 2.09. The molecule has 0 bridgehead atoms. The molecule has 4 heteroatoms. The minimum absolute atomic E-state index is 0.0681. The zero-order valence-corrected chi connectivity index (χ0v) is 12.4. The quantitative estimate of drug-likeness (QED) is 0.720. The molecule has 0 fully saturated rings. The van der Waals surface area contributed by atoms with E-state index in [1.165, 1.54) is 5.56 Å². The average Bonchev–Trinajstić information content (AvgIpc) is 2.40. The van der Waals surface area contributed by atoms with Gasteiger partial charge in [-0.25, -0.2) is 0 Å². The molecule has 0 heterocycles. The molecule has 0 aliphatic rings. The number of aliphatic hydroxyl groups is 1. The van der Waals surface area contributed by atoms with Crippen molar-refractivity contribution < 1.29 is 5.11 Å². The van der Waals surface area contributed by atoms with E-state index < -0.39 is 5.54 Å². The SMILES string of the molecule is CCC(N)(CO)CCCSCc1ccccc1Cl. The van der Waals surface area contributed by atoms with Gasteiger partial charge in [-0.05, 0) is 36.6 Å². The van der Waals surface area contributed by atoms with Crippen LogP contribution in [-0.4, -0.2) is 23.0 Å². The minimum Gasteiger partial charge on any atom is -0.394 e. The Morgan fingerprint density at radius 1 is 1.39 bits per heavy atom. The highest BCUT2D eigenvalue weighted by atomic mass is 35.5. The van der Waals surface area contributed by atoms with Gasteiger partial charge in [0.2, 0.25) is 0 Å². The Bertz CT molecular complexity index is 355. The molecule has 2 nitrogen and oxygen atoms in total. The molecule has 1 rings (SSSR count). The molecule has 1 aromatic rings. The van der Waals surface area contributed by atoms with Crippen LogP contribution in [0, 0.1) is 0 Å². The Kier molecular flexibility index (Phi) is 7.08. The summed E-state index contributed by atoms with van der Waals surface area (Å²) in [7, 11) is 0. The number of hydrogen-bond acceptors (Lipinski definition) is 3. The van der Waals surface area contributed by atoms with Crippen LogP contribution in [-0.2, 0) is 5.75 Å². The highest BCUT2D eigenvalue weighted by Crippen LogP contribution is 2.22. The molecule has 0 aliphatic heterocycles. The van der Waals surface area contributed by atoms with Crippen LogP contribution < -0.4 is 5.73 Å². The van der Waals surface area contributed by atoms with Gasteiger partial charge in [0.05, 0.1) is 6.61 Å². The lowest BCUT2D eigenvalue weighted by atomic mass is 9.93. The van der Waals surface area contributed by atoms with Gasteiger partial charge in [0.1, 0.15) is 0 Å². The van der Waals surface area contributed by atoms with Crippen molar-refractivity contribution in [1.29, 1.82) is 0 Å². The van der Waals surface area contributed by atoms with Crippen LogP contribution >= 0.6 is 23.4 Å². The first kappa shape index (κ1) is 15.8. The third-order valence-electron chi connectivity index (χ3n) is 3.20. The van der Waals surface area contributed by atoms with Crippen LogP contribution in [0.1, 0.15) is 31.7 Å². The van der Waals surface area contributed by atoms with E-state index in [1.807, 2.05) is 36.9 Å². The molecule has 18 heavy (non-hydrogen) atoms. The van der Waals surface area contributed by atoms with Gasteiger partial charge in [-0.2, -0.15) is 11.8 Å². The molecule has 102 valence electrons. The third kappa shape index (κ3) is 5.19. The zero-order chi connectivity index (χ0) is 13.4. The topological polar surface area (TPSA) is 46.2 Å². The second kappa shape index (κ2) is 8.05. The van der Waals surface area contributed by atoms with Crippen LogP contribution in [0.3, 0.4) is 0 Å². The predicted octanol–water partition coefficient (Wildman–Crippen LogP) is 3.45. The van der Waals surface area contributed by atoms with Crippen molar-refractivity contribution in [2.75, 3.05) is 12.4 Å². The Morgan fingerprint density at radius 2 is 2.11 bits per heavy atom. The van der Waals surface area contributed by atoms with Gasteiger partial charge < -0.3 is 10.8 Å². The Labute approximate surface area is 119 Å². The summed E-state index contributed by atoms with van der Waals surface area (Å²) >= 11 is 7.95. The molecule has 1 unspecified atom stereocenters. The average molecular weight is 288 g/mol. The van der Waals surface area contributed by atoms with Crippen LogP contribution in [0.15, 0.2) is 24.3 Å². The van der Waals surface area contributed by atoms with Crippen molar-refractivity contribution >= 4 is 23.4 Å². The number of aliphatic hydroxyl groups excluding tert-OH is 1. The van der Waals surface area contributed by atoms with Crippen LogP contribution in [0.5, 0.6) is 0 Å². The molecule has 1 aromatic carbocycles. The van der Waals surface area contributed by atoms with Crippen molar-refractivity contribution in [3.63, 3.8) is 0 Å². The third-order valence-corrected chi connectivity index (χ3v) is 4.66. The van der Waals surface area contributed by atoms with Gasteiger partial charge in [-0.3, -0.25) is 0 Å². The first-order chi connectivity index (χ1) is 8.61. The summed E-state index contributed by atoms with van der Waals surface area (Å²) in [4.78, 5) is 0. The number of rotatable bonds is 8. The maximum Gasteiger partial charge on any atom is 0.0611 e. The highest BCUT2D eigenvalue weighted by molar-refractivity contribution is 7.98. The van der Waals surface area contributed by atoms with E-state index in [9.17, 15) is 5.11 Å². The lowest BCUT2D eigenvalue weighted by Crippen LogP contribution is -2.42. The van der Waals surface area contributed by atoms with Gasteiger partial charge >= 0.3 is 0 Å². The largest absolute Gasteiger partial charge is 0.394 e. The van der Waals surface area contributed by atoms with E-state index in [0.29, 0.717) is 0 Å². The van der Waals surface area contributed by atoms with Gasteiger partial charge in [0.15, 0.2) is 0 Å². The number of hydrogen-bond donors (Lipinski definition) is 2. The van der Waals surface area contributed by atoms with Crippen molar-refractivity contribution in [2.45, 2.75) is 37.5 Å². The maximum atomic E-state index is 9.21. The van der Waals surface area contributed by atoms with Gasteiger partial charge in [-0.15, -0.1) is 0 Å². The fourth-order valence-corrected chi connectivity index (χ4v) is 2.94. The van der Waals surface area contributed by atoms with Crippen LogP contribution in [0.4, 0.5) is 0 Å². The zero-order valence-electron chi connectivity index (χ0n) is 10.9. The normalized spacial score (nSPS) is 14.4. The molecule has 0 saturated heterocycles. The van der Waals surface area contributed by atoms with Crippen molar-refractivity contribution in [2.24, 2.45) is 5.73 Å². The molecule has 0 aromatic heterocycles. The summed E-state index contributed by atoms with van der Waals surface area (Å²) in [5.74, 6) is 1.98. The van der Waals surface area contributed by atoms with E-state index >= 15 is 0 Å². The predicted molar refractivity (Wildman–Crippen MR) is 81.1 cm³/mol. The van der Waals surface area contributed by atoms with E-state index in [4.69, 9.17) is 17.3 Å². The molecule has 0 amide bonds. The van der Waals surface area contributed by atoms with Crippen molar-refractivity contribution in [3.05, 3.63) is 34.9 Å². The second-order valence-electron chi connectivity index (χ2n) is 4.62. The lowest BCUT2D eigenvalue weighted by molar-refractivity contribution is 0.182. The van der Waals surface area contributed by atoms with Crippen molar-refractivity contribution in [1.82, 2.24) is 0 Å². The van der Waals surface area contributed by atoms with E-state index in [2.05, 4.69) is 6.07 Å². The number of benzene rings is 1. The Hall–Kier alpha value is -0.220. The molecular weight excluding hydrogens is 266 g/mol. The minimum atomic E-state index is -0.398. The number of nitrogens with two attached hydrogens (primary N) is 1. The molecular formula is C14H22ClNOS. The lowest BCUT2D eigenvalue weighted by Gasteiger charge is -2.25. The molecule has 0 saturated carbocycles. The van der Waals surface area contributed by atoms with E-state index in [1.54, 1.807) is 0 Å². The summed E-state index contributed by atoms with van der Waals surface area (Å²) < 4.78 is 0. The Morgan fingerprint density at radius 3 is 2.72 bits per heavy atom. The van der Waals surface area contributed by atoms with E-state index in [-0.39, 0.29) is 6.61 Å². The van der Waals surface area contributed by atoms with Gasteiger partial charge in [0, 0.05) is 16.3 Å². The first-order valence-electron chi connectivity index (χ1n) is 6.32. The number of thioether (sulfide) groups is 1. The molecule has 1 atom stereocenters. The summed E-state index contributed by atoms with van der Waals surface area (Å²) in [5, 5.41) is 10.0. The van der Waals surface area contributed by atoms with Gasteiger partial charge in [-0.1, -0.05) is 36.7 Å². The Balaban J connectivity index is 2.22. The molecule has 0 aliphatic carbocycles. The molecule has 0 radical (unpaired) electrons. The van der Waals surface area contributed by atoms with E-state index in [0.717, 1.165) is 35.8 Å². The van der Waals surface area contributed by atoms with Gasteiger partial charge in [0.25, 0.3) is 0 Å².